The van der Waals surface area contributed by atoms with Gasteiger partial charge in [0, 0.05) is 4.47 Å². The number of nitrogens with zero attached hydrogens (tertiary/aromatic N) is 1. The highest BCUT2D eigenvalue weighted by molar-refractivity contribution is 9.10. The summed E-state index contributed by atoms with van der Waals surface area (Å²) in [5.74, 6) is -0.229. The Morgan fingerprint density at radius 2 is 1.96 bits per heavy atom. The first-order chi connectivity index (χ1) is 11.6. The molecule has 2 aromatic carbocycles. The van der Waals surface area contributed by atoms with E-state index in [1.165, 1.54) is 6.21 Å². The first kappa shape index (κ1) is 17.7. The maximum atomic E-state index is 11.8. The molecule has 0 fully saturated rings. The highest BCUT2D eigenvalue weighted by atomic mass is 79.9. The minimum Gasteiger partial charge on any atom is -0.497 e. The number of amides is 2. The first-order valence-electron chi connectivity index (χ1n) is 7.09. The van der Waals surface area contributed by atoms with E-state index in [1.807, 2.05) is 24.3 Å². The molecule has 0 radical (unpaired) electrons. The minimum atomic E-state index is -0.501. The number of ether oxygens (including phenoxy) is 1. The number of nitrogens with one attached hydrogen (secondary N) is 2. The van der Waals surface area contributed by atoms with Gasteiger partial charge in [0.05, 0.1) is 19.0 Å². The molecule has 124 valence electrons. The summed E-state index contributed by atoms with van der Waals surface area (Å²) in [5, 5.41) is 6.47. The summed E-state index contributed by atoms with van der Waals surface area (Å²) in [4.78, 5) is 23.6. The molecule has 2 N–H and O–H groups in total. The second kappa shape index (κ2) is 8.83. The van der Waals surface area contributed by atoms with Crippen molar-refractivity contribution in [3.8, 4) is 5.75 Å². The second-order valence-electron chi connectivity index (χ2n) is 4.77. The SMILES string of the molecule is COc1cccc(C=NNC(=O)CC(=O)Nc2ccccc2Br)c1. The fourth-order valence-corrected chi connectivity index (χ4v) is 2.23. The third kappa shape index (κ3) is 5.51. The van der Waals surface area contributed by atoms with Gasteiger partial charge in [0.15, 0.2) is 0 Å². The van der Waals surface area contributed by atoms with Gasteiger partial charge in [-0.1, -0.05) is 24.3 Å². The second-order valence-corrected chi connectivity index (χ2v) is 5.63. The van der Waals surface area contributed by atoms with Crippen LogP contribution in [-0.2, 0) is 9.59 Å². The summed E-state index contributed by atoms with van der Waals surface area (Å²) in [6.07, 6.45) is 1.16. The monoisotopic (exact) mass is 389 g/mol. The van der Waals surface area contributed by atoms with Gasteiger partial charge in [0.2, 0.25) is 11.8 Å². The Morgan fingerprint density at radius 1 is 1.17 bits per heavy atom. The molecule has 0 aliphatic rings. The lowest BCUT2D eigenvalue weighted by Crippen LogP contribution is -2.24. The van der Waals surface area contributed by atoms with Crippen molar-refractivity contribution in [3.05, 3.63) is 58.6 Å². The van der Waals surface area contributed by atoms with Gasteiger partial charge in [0.25, 0.3) is 0 Å². The Labute approximate surface area is 148 Å². The molecule has 0 saturated heterocycles. The van der Waals surface area contributed by atoms with Gasteiger partial charge < -0.3 is 10.1 Å². The van der Waals surface area contributed by atoms with Crippen molar-refractivity contribution in [1.82, 2.24) is 5.43 Å². The Morgan fingerprint density at radius 3 is 2.71 bits per heavy atom. The van der Waals surface area contributed by atoms with E-state index in [0.29, 0.717) is 11.4 Å². The zero-order chi connectivity index (χ0) is 17.4. The van der Waals surface area contributed by atoms with Gasteiger partial charge in [-0.2, -0.15) is 5.10 Å². The molecule has 0 aromatic heterocycles. The van der Waals surface area contributed by atoms with E-state index in [9.17, 15) is 9.59 Å². The smallest absolute Gasteiger partial charge is 0.249 e. The predicted molar refractivity (Wildman–Crippen MR) is 96.1 cm³/mol. The number of benzene rings is 2. The minimum absolute atomic E-state index is 0.323. The van der Waals surface area contributed by atoms with Crippen molar-refractivity contribution < 1.29 is 14.3 Å². The van der Waals surface area contributed by atoms with Gasteiger partial charge in [-0.15, -0.1) is 0 Å². The van der Waals surface area contributed by atoms with Crippen LogP contribution >= 0.6 is 15.9 Å². The fourth-order valence-electron chi connectivity index (χ4n) is 1.84. The quantitative estimate of drug-likeness (QED) is 0.452. The largest absolute Gasteiger partial charge is 0.497 e. The average Bonchev–Trinajstić information content (AvgIpc) is 2.57. The lowest BCUT2D eigenvalue weighted by Gasteiger charge is -2.06. The van der Waals surface area contributed by atoms with Crippen molar-refractivity contribution in [1.29, 1.82) is 0 Å². The molecule has 7 heteroatoms. The van der Waals surface area contributed by atoms with Crippen LogP contribution in [0.5, 0.6) is 5.75 Å². The first-order valence-corrected chi connectivity index (χ1v) is 7.88. The number of para-hydroxylation sites is 1. The van der Waals surface area contributed by atoms with Crippen molar-refractivity contribution >= 4 is 39.6 Å². The Hall–Kier alpha value is -2.67. The normalized spacial score (nSPS) is 10.4. The Kier molecular flexibility index (Phi) is 6.51. The summed E-state index contributed by atoms with van der Waals surface area (Å²) in [5.41, 5.74) is 3.69. The number of carbonyl (C=O) groups excluding carboxylic acids is 2. The van der Waals surface area contributed by atoms with E-state index in [4.69, 9.17) is 4.74 Å². The molecule has 0 aliphatic carbocycles. The van der Waals surface area contributed by atoms with E-state index < -0.39 is 11.8 Å². The van der Waals surface area contributed by atoms with Crippen LogP contribution in [0.4, 0.5) is 5.69 Å². The van der Waals surface area contributed by atoms with Crippen LogP contribution < -0.4 is 15.5 Å². The van der Waals surface area contributed by atoms with Crippen LogP contribution in [-0.4, -0.2) is 25.1 Å². The van der Waals surface area contributed by atoms with E-state index in [1.54, 1.807) is 31.4 Å². The van der Waals surface area contributed by atoms with Gasteiger partial charge in [-0.25, -0.2) is 5.43 Å². The number of methoxy groups -OCH3 is 1. The predicted octanol–water partition coefficient (Wildman–Crippen LogP) is 2.94. The molecular weight excluding hydrogens is 374 g/mol. The highest BCUT2D eigenvalue weighted by Crippen LogP contribution is 2.21. The Balaban J connectivity index is 1.83. The number of carbonyl (C=O) groups is 2. The lowest BCUT2D eigenvalue weighted by atomic mass is 10.2. The molecule has 0 saturated carbocycles. The van der Waals surface area contributed by atoms with E-state index >= 15 is 0 Å². The molecule has 0 atom stereocenters. The molecule has 2 aromatic rings. The topological polar surface area (TPSA) is 79.8 Å². The van der Waals surface area contributed by atoms with E-state index in [0.717, 1.165) is 10.0 Å². The molecule has 2 rings (SSSR count). The molecule has 24 heavy (non-hydrogen) atoms. The third-order valence-corrected chi connectivity index (χ3v) is 3.66. The number of halogens is 1. The van der Waals surface area contributed by atoms with Gasteiger partial charge in [0.1, 0.15) is 12.2 Å². The van der Waals surface area contributed by atoms with E-state index in [2.05, 4.69) is 31.8 Å². The number of hydrazone groups is 1. The molecule has 0 bridgehead atoms. The molecule has 6 nitrogen and oxygen atoms in total. The van der Waals surface area contributed by atoms with Crippen LogP contribution in [0.3, 0.4) is 0 Å². The van der Waals surface area contributed by atoms with Crippen molar-refractivity contribution in [2.75, 3.05) is 12.4 Å². The summed E-state index contributed by atoms with van der Waals surface area (Å²) in [6.45, 7) is 0. The van der Waals surface area contributed by atoms with Crippen molar-refractivity contribution in [2.45, 2.75) is 6.42 Å². The zero-order valence-electron chi connectivity index (χ0n) is 13.0. The number of rotatable bonds is 6. The summed E-state index contributed by atoms with van der Waals surface area (Å²) in [7, 11) is 1.57. The molecule has 0 aliphatic heterocycles. The third-order valence-electron chi connectivity index (χ3n) is 2.97. The van der Waals surface area contributed by atoms with Gasteiger partial charge in [-0.05, 0) is 45.8 Å². The molecular formula is C17H16BrN3O3. The number of hydrogen-bond acceptors (Lipinski definition) is 4. The van der Waals surface area contributed by atoms with Crippen LogP contribution in [0.1, 0.15) is 12.0 Å². The highest BCUT2D eigenvalue weighted by Gasteiger charge is 2.10. The summed E-state index contributed by atoms with van der Waals surface area (Å²) >= 11 is 3.32. The van der Waals surface area contributed by atoms with Crippen LogP contribution in [0.15, 0.2) is 58.1 Å². The standard InChI is InChI=1S/C17H16BrN3O3/c1-24-13-6-4-5-12(9-13)11-19-21-17(23)10-16(22)20-15-8-3-2-7-14(15)18/h2-9,11H,10H2,1H3,(H,20,22)(H,21,23). The van der Waals surface area contributed by atoms with Crippen molar-refractivity contribution in [2.24, 2.45) is 5.10 Å². The maximum Gasteiger partial charge on any atom is 0.249 e. The Bertz CT molecular complexity index is 762. The lowest BCUT2D eigenvalue weighted by molar-refractivity contribution is -0.126. The van der Waals surface area contributed by atoms with E-state index in [-0.39, 0.29) is 6.42 Å². The van der Waals surface area contributed by atoms with Crippen LogP contribution in [0.25, 0.3) is 0 Å². The molecule has 2 amide bonds. The summed E-state index contributed by atoms with van der Waals surface area (Å²) < 4.78 is 5.84. The molecule has 0 spiro atoms. The molecule has 0 unspecified atom stereocenters. The van der Waals surface area contributed by atoms with Gasteiger partial charge >= 0.3 is 0 Å². The number of hydrogen-bond donors (Lipinski definition) is 2. The zero-order valence-corrected chi connectivity index (χ0v) is 14.5. The van der Waals surface area contributed by atoms with Gasteiger partial charge in [-0.3, -0.25) is 9.59 Å². The fraction of sp³-hybridized carbons (Fsp3) is 0.118. The van der Waals surface area contributed by atoms with Crippen LogP contribution in [0, 0.1) is 0 Å². The maximum absolute atomic E-state index is 11.8. The molecule has 0 heterocycles. The number of anilines is 1. The van der Waals surface area contributed by atoms with Crippen LogP contribution in [0.2, 0.25) is 0 Å². The van der Waals surface area contributed by atoms with Crippen molar-refractivity contribution in [3.63, 3.8) is 0 Å². The average molecular weight is 390 g/mol. The summed E-state index contributed by atoms with van der Waals surface area (Å²) in [6, 6.07) is 14.4.